The first-order valence-corrected chi connectivity index (χ1v) is 12.1. The second-order valence-electron chi connectivity index (χ2n) is 9.56. The number of rotatable bonds is 10. The van der Waals surface area contributed by atoms with Crippen molar-refractivity contribution in [2.24, 2.45) is 11.8 Å². The van der Waals surface area contributed by atoms with Gasteiger partial charge in [0, 0.05) is 23.7 Å². The van der Waals surface area contributed by atoms with Crippen LogP contribution in [0, 0.1) is 11.8 Å². The molecule has 9 atom stereocenters. The number of aromatic nitrogens is 1. The molecule has 3 aliphatic heterocycles. The fourth-order valence-electron chi connectivity index (χ4n) is 5.42. The molecule has 0 amide bonds. The highest BCUT2D eigenvalue weighted by Gasteiger charge is 2.45. The lowest BCUT2D eigenvalue weighted by molar-refractivity contribution is -0.181. The lowest BCUT2D eigenvalue weighted by Gasteiger charge is -2.51. The van der Waals surface area contributed by atoms with Gasteiger partial charge in [-0.15, -0.1) is 6.58 Å². The molecular weight excluding hydrogens is 468 g/mol. The summed E-state index contributed by atoms with van der Waals surface area (Å²) in [5.74, 6) is 0.171. The van der Waals surface area contributed by atoms with Crippen molar-refractivity contribution in [1.29, 1.82) is 0 Å². The molecule has 5 N–H and O–H groups in total. The first-order valence-electron chi connectivity index (χ1n) is 12.1. The Morgan fingerprint density at radius 3 is 2.67 bits per heavy atom. The number of benzene rings is 1. The van der Waals surface area contributed by atoms with Crippen molar-refractivity contribution < 1.29 is 39.8 Å². The monoisotopic (exact) mass is 502 g/mol. The number of ether oxygens (including phenoxy) is 2. The SMILES string of the molecule is C=CC1CN2CCC1CC2C(OC(=O)[C@@H](O)[C@H](O)[C@@H](O)[C@@H](O)CO)c1ccnc2ccc(OC)cc12. The van der Waals surface area contributed by atoms with Crippen LogP contribution in [0.2, 0.25) is 0 Å². The van der Waals surface area contributed by atoms with Gasteiger partial charge in [-0.05, 0) is 55.5 Å². The van der Waals surface area contributed by atoms with E-state index in [1.54, 1.807) is 25.4 Å². The summed E-state index contributed by atoms with van der Waals surface area (Å²) in [7, 11) is 1.56. The predicted molar refractivity (Wildman–Crippen MR) is 130 cm³/mol. The van der Waals surface area contributed by atoms with Gasteiger partial charge >= 0.3 is 5.97 Å². The van der Waals surface area contributed by atoms with Crippen LogP contribution in [0.15, 0.2) is 43.1 Å². The van der Waals surface area contributed by atoms with Crippen LogP contribution in [-0.2, 0) is 9.53 Å². The standard InChI is InChI=1S/C26H34N2O8/c1-3-14-12-28-9-7-15(14)10-20(28)25(36-26(34)24(33)23(32)22(31)21(30)13-29)17-6-8-27-19-5-4-16(35-2)11-18(17)19/h3-6,8,11,14-15,20-25,29-33H,1,7,9-10,12-13H2,2H3/t14?,15?,20?,21-,22-,23+,24-,25?/m0/s1. The summed E-state index contributed by atoms with van der Waals surface area (Å²) < 4.78 is 11.3. The number of carbonyl (C=O) groups excluding carboxylic acids is 1. The van der Waals surface area contributed by atoms with Crippen LogP contribution in [0.3, 0.4) is 0 Å². The fraction of sp³-hybridized carbons (Fsp3) is 0.538. The number of hydrogen-bond donors (Lipinski definition) is 5. The van der Waals surface area contributed by atoms with Crippen LogP contribution in [-0.4, -0.2) is 98.6 Å². The highest BCUT2D eigenvalue weighted by atomic mass is 16.6. The van der Waals surface area contributed by atoms with E-state index in [-0.39, 0.29) is 6.04 Å². The summed E-state index contributed by atoms with van der Waals surface area (Å²) >= 11 is 0. The molecule has 4 heterocycles. The van der Waals surface area contributed by atoms with E-state index in [9.17, 15) is 25.2 Å². The average molecular weight is 503 g/mol. The summed E-state index contributed by atoms with van der Waals surface area (Å²) in [5, 5.41) is 50.1. The molecule has 1 aromatic heterocycles. The van der Waals surface area contributed by atoms with E-state index in [1.807, 2.05) is 18.2 Å². The number of aliphatic hydroxyl groups is 5. The molecule has 5 rings (SSSR count). The Morgan fingerprint density at radius 1 is 1.25 bits per heavy atom. The normalized spacial score (nSPS) is 27.6. The second-order valence-corrected chi connectivity index (χ2v) is 9.56. The van der Waals surface area contributed by atoms with E-state index >= 15 is 0 Å². The summed E-state index contributed by atoms with van der Waals surface area (Å²) in [4.78, 5) is 19.7. The quantitative estimate of drug-likeness (QED) is 0.224. The van der Waals surface area contributed by atoms with E-state index in [1.165, 1.54) is 0 Å². The van der Waals surface area contributed by atoms with Crippen molar-refractivity contribution >= 4 is 16.9 Å². The number of esters is 1. The molecule has 1 aromatic carbocycles. The Bertz CT molecular complexity index is 1080. The lowest BCUT2D eigenvalue weighted by atomic mass is 9.73. The zero-order valence-electron chi connectivity index (χ0n) is 20.2. The Hall–Kier alpha value is -2.60. The Morgan fingerprint density at radius 2 is 2.03 bits per heavy atom. The molecule has 3 aliphatic rings. The molecule has 5 unspecified atom stereocenters. The number of nitrogens with zero attached hydrogens (tertiary/aromatic N) is 2. The van der Waals surface area contributed by atoms with Gasteiger partial charge in [-0.1, -0.05) is 6.08 Å². The lowest BCUT2D eigenvalue weighted by Crippen LogP contribution is -2.56. The highest BCUT2D eigenvalue weighted by molar-refractivity contribution is 5.84. The van der Waals surface area contributed by atoms with Gasteiger partial charge in [-0.2, -0.15) is 0 Å². The molecule has 3 fully saturated rings. The third-order valence-corrected chi connectivity index (χ3v) is 7.53. The largest absolute Gasteiger partial charge is 0.497 e. The van der Waals surface area contributed by atoms with Crippen molar-refractivity contribution in [3.63, 3.8) is 0 Å². The second kappa shape index (κ2) is 11.2. The number of pyridine rings is 1. The summed E-state index contributed by atoms with van der Waals surface area (Å²) in [6.07, 6.45) is -3.33. The summed E-state index contributed by atoms with van der Waals surface area (Å²) in [6.45, 7) is 4.71. The third kappa shape index (κ3) is 5.10. The minimum atomic E-state index is -2.14. The smallest absolute Gasteiger partial charge is 0.338 e. The van der Waals surface area contributed by atoms with Gasteiger partial charge in [-0.25, -0.2) is 4.79 Å². The van der Waals surface area contributed by atoms with E-state index in [0.29, 0.717) is 28.7 Å². The Labute approximate surface area is 209 Å². The minimum Gasteiger partial charge on any atom is -0.497 e. The van der Waals surface area contributed by atoms with E-state index in [2.05, 4.69) is 16.5 Å². The van der Waals surface area contributed by atoms with Crippen LogP contribution in [0.4, 0.5) is 0 Å². The minimum absolute atomic E-state index is 0.196. The summed E-state index contributed by atoms with van der Waals surface area (Å²) in [6, 6.07) is 6.98. The van der Waals surface area contributed by atoms with Gasteiger partial charge in [0.05, 0.1) is 25.3 Å². The number of methoxy groups -OCH3 is 1. The molecule has 36 heavy (non-hydrogen) atoms. The van der Waals surface area contributed by atoms with E-state index in [0.717, 1.165) is 31.3 Å². The molecule has 2 aromatic rings. The molecule has 10 heteroatoms. The maximum Gasteiger partial charge on any atom is 0.338 e. The number of hydrogen-bond acceptors (Lipinski definition) is 10. The topological polar surface area (TPSA) is 153 Å². The van der Waals surface area contributed by atoms with Gasteiger partial charge in [0.15, 0.2) is 6.10 Å². The van der Waals surface area contributed by atoms with Crippen molar-refractivity contribution in [1.82, 2.24) is 9.88 Å². The molecular formula is C26H34N2O8. The molecule has 2 bridgehead atoms. The van der Waals surface area contributed by atoms with Crippen LogP contribution in [0.5, 0.6) is 5.75 Å². The fourth-order valence-corrected chi connectivity index (χ4v) is 5.42. The Balaban J connectivity index is 1.69. The van der Waals surface area contributed by atoms with Crippen molar-refractivity contribution in [3.05, 3.63) is 48.7 Å². The first-order chi connectivity index (χ1) is 17.3. The van der Waals surface area contributed by atoms with E-state index < -0.39 is 43.1 Å². The van der Waals surface area contributed by atoms with Gasteiger partial charge in [0.2, 0.25) is 0 Å². The number of fused-ring (bicyclic) bond motifs is 4. The van der Waals surface area contributed by atoms with Crippen LogP contribution >= 0.6 is 0 Å². The summed E-state index contributed by atoms with van der Waals surface area (Å²) in [5.41, 5.74) is 1.36. The molecule has 0 aliphatic carbocycles. The van der Waals surface area contributed by atoms with Crippen molar-refractivity contribution in [2.45, 2.75) is 49.4 Å². The van der Waals surface area contributed by atoms with Crippen LogP contribution in [0.25, 0.3) is 10.9 Å². The first kappa shape index (κ1) is 26.5. The van der Waals surface area contributed by atoms with Crippen LogP contribution in [0.1, 0.15) is 24.5 Å². The molecule has 3 saturated heterocycles. The molecule has 0 saturated carbocycles. The number of piperidine rings is 3. The predicted octanol–water partition coefficient (Wildman–Crippen LogP) is 0.160. The van der Waals surface area contributed by atoms with E-state index in [4.69, 9.17) is 14.6 Å². The van der Waals surface area contributed by atoms with Gasteiger partial charge in [0.25, 0.3) is 0 Å². The molecule has 0 radical (unpaired) electrons. The molecule has 196 valence electrons. The number of carbonyl (C=O) groups is 1. The van der Waals surface area contributed by atoms with Gasteiger partial charge in [-0.3, -0.25) is 9.88 Å². The highest BCUT2D eigenvalue weighted by Crippen LogP contribution is 2.43. The maximum atomic E-state index is 13.0. The maximum absolute atomic E-state index is 13.0. The molecule has 10 nitrogen and oxygen atoms in total. The average Bonchev–Trinajstić information content (AvgIpc) is 2.93. The van der Waals surface area contributed by atoms with Crippen molar-refractivity contribution in [3.8, 4) is 5.75 Å². The third-order valence-electron chi connectivity index (χ3n) is 7.53. The van der Waals surface area contributed by atoms with Gasteiger partial charge in [0.1, 0.15) is 30.2 Å². The number of aliphatic hydroxyl groups excluding tert-OH is 5. The van der Waals surface area contributed by atoms with Crippen molar-refractivity contribution in [2.75, 3.05) is 26.8 Å². The zero-order valence-corrected chi connectivity index (χ0v) is 20.2. The zero-order chi connectivity index (χ0) is 26.0. The Kier molecular flexibility index (Phi) is 8.23. The van der Waals surface area contributed by atoms with Gasteiger partial charge < -0.3 is 35.0 Å². The van der Waals surface area contributed by atoms with Crippen LogP contribution < -0.4 is 4.74 Å². The molecule has 0 spiro atoms.